The number of aliphatic carboxylic acids is 1. The summed E-state index contributed by atoms with van der Waals surface area (Å²) in [7, 11) is 1.45. The Hall–Kier alpha value is -2.37. The fraction of sp³-hybridized carbons (Fsp3) is 0.400. The summed E-state index contributed by atoms with van der Waals surface area (Å²) in [5.74, 6) is -1.39. The van der Waals surface area contributed by atoms with E-state index in [2.05, 4.69) is 0 Å². The normalized spacial score (nSPS) is 15.9. The molecule has 1 saturated heterocycles. The number of benzene rings is 1. The van der Waals surface area contributed by atoms with Gasteiger partial charge >= 0.3 is 5.97 Å². The molecule has 112 valence electrons. The number of anilines is 1. The summed E-state index contributed by atoms with van der Waals surface area (Å²) in [5, 5.41) is 8.96. The van der Waals surface area contributed by atoms with Gasteiger partial charge in [0.1, 0.15) is 6.04 Å². The van der Waals surface area contributed by atoms with Crippen LogP contribution in [0.15, 0.2) is 24.3 Å². The largest absolute Gasteiger partial charge is 0.480 e. The maximum absolute atomic E-state index is 12.3. The van der Waals surface area contributed by atoms with Crippen LogP contribution in [0.25, 0.3) is 0 Å². The highest BCUT2D eigenvalue weighted by Crippen LogP contribution is 2.23. The van der Waals surface area contributed by atoms with Gasteiger partial charge in [0.2, 0.25) is 5.91 Å². The number of rotatable bonds is 4. The van der Waals surface area contributed by atoms with Crippen molar-refractivity contribution >= 4 is 23.5 Å². The van der Waals surface area contributed by atoms with Crippen LogP contribution >= 0.6 is 0 Å². The predicted molar refractivity (Wildman–Crippen MR) is 77.2 cm³/mol. The monoisotopic (exact) mass is 290 g/mol. The Morgan fingerprint density at radius 2 is 2.10 bits per heavy atom. The van der Waals surface area contributed by atoms with Gasteiger partial charge in [-0.15, -0.1) is 0 Å². The third-order valence-electron chi connectivity index (χ3n) is 3.74. The zero-order valence-electron chi connectivity index (χ0n) is 12.1. The summed E-state index contributed by atoms with van der Waals surface area (Å²) >= 11 is 0. The van der Waals surface area contributed by atoms with Crippen LogP contribution in [0, 0.1) is 0 Å². The first-order chi connectivity index (χ1) is 9.91. The average molecular weight is 290 g/mol. The van der Waals surface area contributed by atoms with E-state index in [1.165, 1.54) is 18.9 Å². The smallest absolute Gasteiger partial charge is 0.326 e. The van der Waals surface area contributed by atoms with Crippen molar-refractivity contribution in [2.45, 2.75) is 25.8 Å². The molecule has 1 aliphatic rings. The highest BCUT2D eigenvalue weighted by atomic mass is 16.4. The Kier molecular flexibility index (Phi) is 4.26. The summed E-state index contributed by atoms with van der Waals surface area (Å²) in [4.78, 5) is 37.8. The van der Waals surface area contributed by atoms with Crippen molar-refractivity contribution in [2.24, 2.45) is 0 Å². The van der Waals surface area contributed by atoms with Crippen LogP contribution in [0.3, 0.4) is 0 Å². The molecule has 0 aliphatic carbocycles. The molecule has 1 aromatic carbocycles. The van der Waals surface area contributed by atoms with Gasteiger partial charge in [0, 0.05) is 31.3 Å². The molecule has 1 fully saturated rings. The third kappa shape index (κ3) is 3.04. The molecule has 6 nitrogen and oxygen atoms in total. The van der Waals surface area contributed by atoms with Crippen molar-refractivity contribution in [3.63, 3.8) is 0 Å². The van der Waals surface area contributed by atoms with Crippen molar-refractivity contribution in [1.29, 1.82) is 0 Å². The van der Waals surface area contributed by atoms with Gasteiger partial charge in [0.15, 0.2) is 0 Å². The number of carbonyl (C=O) groups is 3. The van der Waals surface area contributed by atoms with E-state index in [1.807, 2.05) is 0 Å². The average Bonchev–Trinajstić information content (AvgIpc) is 2.91. The maximum Gasteiger partial charge on any atom is 0.326 e. The van der Waals surface area contributed by atoms with Gasteiger partial charge in [0.05, 0.1) is 0 Å². The molecule has 0 saturated carbocycles. The van der Waals surface area contributed by atoms with Crippen molar-refractivity contribution in [3.8, 4) is 0 Å². The predicted octanol–water partition coefficient (Wildman–Crippen LogP) is 1.36. The molecule has 1 aliphatic heterocycles. The quantitative estimate of drug-likeness (QED) is 0.908. The summed E-state index contributed by atoms with van der Waals surface area (Å²) in [6, 6.07) is 5.83. The van der Waals surface area contributed by atoms with Gasteiger partial charge in [0.25, 0.3) is 5.91 Å². The molecule has 0 bridgehead atoms. The molecule has 2 amide bonds. The molecule has 1 aromatic rings. The minimum atomic E-state index is -1.06. The lowest BCUT2D eigenvalue weighted by Crippen LogP contribution is -2.40. The van der Waals surface area contributed by atoms with E-state index in [1.54, 1.807) is 29.2 Å². The number of likely N-dealkylation sites (N-methyl/N-ethyl adjacent to an activating group) is 1. The van der Waals surface area contributed by atoms with Crippen molar-refractivity contribution in [2.75, 3.05) is 18.5 Å². The van der Waals surface area contributed by atoms with Gasteiger partial charge < -0.3 is 14.9 Å². The van der Waals surface area contributed by atoms with Gasteiger partial charge in [-0.25, -0.2) is 4.79 Å². The first-order valence-electron chi connectivity index (χ1n) is 6.82. The molecule has 1 atom stereocenters. The van der Waals surface area contributed by atoms with Crippen LogP contribution in [-0.2, 0) is 9.59 Å². The van der Waals surface area contributed by atoms with Crippen LogP contribution in [0.1, 0.15) is 30.1 Å². The van der Waals surface area contributed by atoms with Crippen LogP contribution in [0.4, 0.5) is 5.69 Å². The van der Waals surface area contributed by atoms with Crippen LogP contribution < -0.4 is 4.90 Å². The second-order valence-corrected chi connectivity index (χ2v) is 5.13. The summed E-state index contributed by atoms with van der Waals surface area (Å²) in [5.41, 5.74) is 1.06. The van der Waals surface area contributed by atoms with Crippen molar-refractivity contribution in [1.82, 2.24) is 4.90 Å². The van der Waals surface area contributed by atoms with Gasteiger partial charge in [-0.05, 0) is 31.5 Å². The standard InChI is InChI=1S/C15H18N2O4/c1-10(15(20)21)16(2)14(19)11-5-3-6-12(9-11)17-8-4-7-13(17)18/h3,5-6,9-10H,4,7-8H2,1-2H3,(H,20,21). The maximum atomic E-state index is 12.3. The molecule has 0 spiro atoms. The number of carboxylic acids is 1. The van der Waals surface area contributed by atoms with Crippen LogP contribution in [-0.4, -0.2) is 47.4 Å². The Morgan fingerprint density at radius 1 is 1.38 bits per heavy atom. The molecule has 2 rings (SSSR count). The minimum Gasteiger partial charge on any atom is -0.480 e. The van der Waals surface area contributed by atoms with Crippen molar-refractivity contribution in [3.05, 3.63) is 29.8 Å². The van der Waals surface area contributed by atoms with E-state index in [0.717, 1.165) is 6.42 Å². The number of carboxylic acid groups (broad SMARTS) is 1. The number of hydrogen-bond acceptors (Lipinski definition) is 3. The van der Waals surface area contributed by atoms with Gasteiger partial charge in [-0.1, -0.05) is 6.07 Å². The zero-order valence-corrected chi connectivity index (χ0v) is 12.1. The minimum absolute atomic E-state index is 0.0480. The lowest BCUT2D eigenvalue weighted by Gasteiger charge is -2.22. The molecule has 1 N–H and O–H groups in total. The second-order valence-electron chi connectivity index (χ2n) is 5.13. The third-order valence-corrected chi connectivity index (χ3v) is 3.74. The van der Waals surface area contributed by atoms with E-state index in [-0.39, 0.29) is 11.8 Å². The van der Waals surface area contributed by atoms with Crippen molar-refractivity contribution < 1.29 is 19.5 Å². The SMILES string of the molecule is CC(C(=O)O)N(C)C(=O)c1cccc(N2CCCC2=O)c1. The highest BCUT2D eigenvalue weighted by molar-refractivity contribution is 6.00. The number of amides is 2. The lowest BCUT2D eigenvalue weighted by molar-refractivity contribution is -0.141. The van der Waals surface area contributed by atoms with E-state index >= 15 is 0 Å². The first kappa shape index (κ1) is 15.0. The topological polar surface area (TPSA) is 77.9 Å². The van der Waals surface area contributed by atoms with Crippen LogP contribution in [0.5, 0.6) is 0 Å². The molecule has 21 heavy (non-hydrogen) atoms. The van der Waals surface area contributed by atoms with E-state index in [9.17, 15) is 14.4 Å². The zero-order chi connectivity index (χ0) is 15.6. The second kappa shape index (κ2) is 5.95. The Balaban J connectivity index is 2.22. The fourth-order valence-corrected chi connectivity index (χ4v) is 2.27. The number of carbonyl (C=O) groups excluding carboxylic acids is 2. The van der Waals surface area contributed by atoms with E-state index < -0.39 is 12.0 Å². The lowest BCUT2D eigenvalue weighted by atomic mass is 10.1. The van der Waals surface area contributed by atoms with E-state index in [4.69, 9.17) is 5.11 Å². The van der Waals surface area contributed by atoms with E-state index in [0.29, 0.717) is 24.2 Å². The summed E-state index contributed by atoms with van der Waals surface area (Å²) in [6.45, 7) is 2.10. The molecular weight excluding hydrogens is 272 g/mol. The van der Waals surface area contributed by atoms with Gasteiger partial charge in [-0.3, -0.25) is 9.59 Å². The molecule has 6 heteroatoms. The first-order valence-corrected chi connectivity index (χ1v) is 6.82. The molecule has 1 unspecified atom stereocenters. The molecule has 0 aromatic heterocycles. The van der Waals surface area contributed by atoms with Crippen LogP contribution in [0.2, 0.25) is 0 Å². The molecule has 1 heterocycles. The number of hydrogen-bond donors (Lipinski definition) is 1. The summed E-state index contributed by atoms with van der Waals surface area (Å²) in [6.07, 6.45) is 1.33. The Morgan fingerprint density at radius 3 is 2.67 bits per heavy atom. The molecular formula is C15H18N2O4. The molecule has 0 radical (unpaired) electrons. The Labute approximate surface area is 123 Å². The number of nitrogens with zero attached hydrogens (tertiary/aromatic N) is 2. The summed E-state index contributed by atoms with van der Waals surface area (Å²) < 4.78 is 0. The highest BCUT2D eigenvalue weighted by Gasteiger charge is 2.25. The Bertz CT molecular complexity index is 585. The fourth-order valence-electron chi connectivity index (χ4n) is 2.27. The van der Waals surface area contributed by atoms with Gasteiger partial charge in [-0.2, -0.15) is 0 Å².